The number of carbonyl (C=O) groups is 4. The van der Waals surface area contributed by atoms with Crippen LogP contribution in [-0.2, 0) is 38.1 Å². The van der Waals surface area contributed by atoms with Gasteiger partial charge in [-0.3, -0.25) is 19.2 Å². The molecule has 12 heteroatoms. The summed E-state index contributed by atoms with van der Waals surface area (Å²) in [5.74, 6) is -2.58. The first-order chi connectivity index (χ1) is 12.1. The van der Waals surface area contributed by atoms with Gasteiger partial charge in [-0.2, -0.15) is 0 Å². The molecule has 1 aliphatic heterocycles. The van der Waals surface area contributed by atoms with Crippen LogP contribution in [0.5, 0.6) is 0 Å². The van der Waals surface area contributed by atoms with Crippen LogP contribution in [0, 0.1) is 0 Å². The van der Waals surface area contributed by atoms with Crippen molar-refractivity contribution in [1.82, 2.24) is 5.32 Å². The highest BCUT2D eigenvalue weighted by atomic mass is 16.6. The lowest BCUT2D eigenvalue weighted by atomic mass is 9.95. The molecule has 1 rings (SSSR count). The van der Waals surface area contributed by atoms with E-state index in [1.807, 2.05) is 0 Å². The molecule has 144 valence electrons. The average Bonchev–Trinajstić information content (AvgIpc) is 2.50. The third-order valence-electron chi connectivity index (χ3n) is 3.26. The molecule has 1 heterocycles. The molecule has 1 aliphatic rings. The van der Waals surface area contributed by atoms with Gasteiger partial charge in [0, 0.05) is 32.6 Å². The van der Waals surface area contributed by atoms with Gasteiger partial charge in [-0.15, -0.1) is 0 Å². The minimum absolute atomic E-state index is 0.352. The van der Waals surface area contributed by atoms with E-state index < -0.39 is 54.4 Å². The van der Waals surface area contributed by atoms with Crippen molar-refractivity contribution >= 4 is 23.8 Å². The van der Waals surface area contributed by atoms with E-state index in [1.54, 1.807) is 0 Å². The van der Waals surface area contributed by atoms with Crippen LogP contribution >= 0.6 is 0 Å². The van der Waals surface area contributed by atoms with Crippen molar-refractivity contribution in [1.29, 1.82) is 0 Å². The Morgan fingerprint density at radius 2 is 1.62 bits per heavy atom. The third-order valence-corrected chi connectivity index (χ3v) is 3.26. The summed E-state index contributed by atoms with van der Waals surface area (Å²) in [7, 11) is 0. The van der Waals surface area contributed by atoms with Crippen molar-refractivity contribution in [3.63, 3.8) is 0 Å². The van der Waals surface area contributed by atoms with Gasteiger partial charge in [-0.25, -0.2) is 0 Å². The summed E-state index contributed by atoms with van der Waals surface area (Å²) in [6.45, 7) is 4.26. The van der Waals surface area contributed by atoms with Gasteiger partial charge < -0.3 is 24.3 Å². The molecule has 26 heavy (non-hydrogen) atoms. The number of amides is 1. The predicted octanol–water partition coefficient (Wildman–Crippen LogP) is -0.0472. The van der Waals surface area contributed by atoms with Gasteiger partial charge in [-0.1, -0.05) is 5.11 Å². The lowest BCUT2D eigenvalue weighted by Gasteiger charge is -2.43. The van der Waals surface area contributed by atoms with Crippen LogP contribution in [0.25, 0.3) is 10.4 Å². The lowest BCUT2D eigenvalue weighted by Crippen LogP contribution is -2.65. The van der Waals surface area contributed by atoms with E-state index in [1.165, 1.54) is 6.92 Å². The maximum atomic E-state index is 11.5. The molecule has 5 atom stereocenters. The number of azide groups is 1. The van der Waals surface area contributed by atoms with Gasteiger partial charge >= 0.3 is 17.9 Å². The summed E-state index contributed by atoms with van der Waals surface area (Å²) in [6.07, 6.45) is -4.82. The summed E-state index contributed by atoms with van der Waals surface area (Å²) >= 11 is 0. The normalized spacial score (nSPS) is 27.5. The topological polar surface area (TPSA) is 166 Å². The van der Waals surface area contributed by atoms with Crippen molar-refractivity contribution < 1.29 is 38.1 Å². The van der Waals surface area contributed by atoms with Gasteiger partial charge in [0.1, 0.15) is 18.8 Å². The average molecular weight is 372 g/mol. The minimum atomic E-state index is -1.29. The van der Waals surface area contributed by atoms with Crippen LogP contribution in [0.1, 0.15) is 27.7 Å². The Morgan fingerprint density at radius 1 is 1.04 bits per heavy atom. The first kappa shape index (κ1) is 21.2. The van der Waals surface area contributed by atoms with E-state index in [-0.39, 0.29) is 6.61 Å². The first-order valence-corrected chi connectivity index (χ1v) is 7.60. The second-order valence-corrected chi connectivity index (χ2v) is 5.45. The Hall–Kier alpha value is -2.85. The zero-order chi connectivity index (χ0) is 19.9. The smallest absolute Gasteiger partial charge is 0.303 e. The van der Waals surface area contributed by atoms with Crippen LogP contribution in [0.2, 0.25) is 0 Å². The molecular formula is C14H20N4O8. The Morgan fingerprint density at radius 3 is 2.08 bits per heavy atom. The molecule has 0 aromatic heterocycles. The van der Waals surface area contributed by atoms with Crippen LogP contribution in [-0.4, -0.2) is 61.0 Å². The Balaban J connectivity index is 3.28. The minimum Gasteiger partial charge on any atom is -0.463 e. The summed E-state index contributed by atoms with van der Waals surface area (Å²) in [4.78, 5) is 48.2. The Kier molecular flexibility index (Phi) is 7.81. The second-order valence-electron chi connectivity index (χ2n) is 5.45. The summed E-state index contributed by atoms with van der Waals surface area (Å²) in [6, 6.07) is -1.12. The van der Waals surface area contributed by atoms with E-state index in [9.17, 15) is 19.2 Å². The maximum absolute atomic E-state index is 11.5. The number of esters is 3. The Bertz CT molecular complexity index is 618. The van der Waals surface area contributed by atoms with Gasteiger partial charge in [0.15, 0.2) is 18.4 Å². The second kappa shape index (κ2) is 9.59. The summed E-state index contributed by atoms with van der Waals surface area (Å²) in [5.41, 5.74) is 8.74. The van der Waals surface area contributed by atoms with Gasteiger partial charge in [0.25, 0.3) is 0 Å². The van der Waals surface area contributed by atoms with Crippen molar-refractivity contribution in [2.45, 2.75) is 58.3 Å². The van der Waals surface area contributed by atoms with E-state index in [0.29, 0.717) is 0 Å². The molecule has 0 unspecified atom stereocenters. The summed E-state index contributed by atoms with van der Waals surface area (Å²) < 4.78 is 20.8. The lowest BCUT2D eigenvalue weighted by molar-refractivity contribution is -0.222. The number of nitrogens with zero attached hydrogens (tertiary/aromatic N) is 3. The molecule has 0 spiro atoms. The standard InChI is InChI=1S/C14H20N4O8/c1-6(19)16-11-13(25-9(4)22)12(24-8(3)21)10(5-23-7(2)20)26-14(11)17-18-15/h10-14H,5H2,1-4H3,(H,16,19)/t10-,11-,12+,13-,14-/m0/s1. The first-order valence-electron chi connectivity index (χ1n) is 7.60. The highest BCUT2D eigenvalue weighted by molar-refractivity contribution is 5.73. The molecule has 0 radical (unpaired) electrons. The molecule has 1 fully saturated rings. The molecule has 1 amide bonds. The number of rotatable bonds is 6. The van der Waals surface area contributed by atoms with E-state index in [2.05, 4.69) is 15.3 Å². The number of carbonyl (C=O) groups excluding carboxylic acids is 4. The zero-order valence-electron chi connectivity index (χ0n) is 14.7. The van der Waals surface area contributed by atoms with Crippen molar-refractivity contribution in [3.05, 3.63) is 10.4 Å². The zero-order valence-corrected chi connectivity index (χ0v) is 14.7. The Labute approximate surface area is 148 Å². The number of nitrogens with one attached hydrogen (secondary N) is 1. The molecular weight excluding hydrogens is 352 g/mol. The predicted molar refractivity (Wildman–Crippen MR) is 83.2 cm³/mol. The van der Waals surface area contributed by atoms with Gasteiger partial charge in [0.05, 0.1) is 0 Å². The van der Waals surface area contributed by atoms with Crippen molar-refractivity contribution in [2.24, 2.45) is 5.11 Å². The molecule has 1 N–H and O–H groups in total. The number of hydrogen-bond donors (Lipinski definition) is 1. The molecule has 0 aliphatic carbocycles. The number of hydrogen-bond acceptors (Lipinski definition) is 9. The number of ether oxygens (including phenoxy) is 4. The van der Waals surface area contributed by atoms with Crippen LogP contribution in [0.3, 0.4) is 0 Å². The molecule has 0 aromatic carbocycles. The maximum Gasteiger partial charge on any atom is 0.303 e. The highest BCUT2D eigenvalue weighted by Crippen LogP contribution is 2.28. The van der Waals surface area contributed by atoms with Gasteiger partial charge in [-0.05, 0) is 5.53 Å². The van der Waals surface area contributed by atoms with Gasteiger partial charge in [0.2, 0.25) is 5.91 Å². The molecule has 0 aromatic rings. The van der Waals surface area contributed by atoms with Crippen LogP contribution in [0.15, 0.2) is 5.11 Å². The third kappa shape index (κ3) is 6.22. The fourth-order valence-corrected chi connectivity index (χ4v) is 2.46. The van der Waals surface area contributed by atoms with Crippen molar-refractivity contribution in [3.8, 4) is 0 Å². The van der Waals surface area contributed by atoms with E-state index in [0.717, 1.165) is 20.8 Å². The van der Waals surface area contributed by atoms with Crippen molar-refractivity contribution in [2.75, 3.05) is 6.61 Å². The fraction of sp³-hybridized carbons (Fsp3) is 0.714. The van der Waals surface area contributed by atoms with E-state index in [4.69, 9.17) is 24.5 Å². The SMILES string of the molecule is CC(=O)N[C@H]1[C@H](OC(C)=O)[C@H](OC(C)=O)[C@H](COC(C)=O)O[C@@H]1N=[N+]=[N-]. The highest BCUT2D eigenvalue weighted by Gasteiger charge is 2.50. The molecule has 1 saturated heterocycles. The van der Waals surface area contributed by atoms with E-state index >= 15 is 0 Å². The monoisotopic (exact) mass is 372 g/mol. The molecule has 12 nitrogen and oxygen atoms in total. The van der Waals surface area contributed by atoms with Crippen LogP contribution < -0.4 is 5.32 Å². The molecule has 0 saturated carbocycles. The fourth-order valence-electron chi connectivity index (χ4n) is 2.46. The largest absolute Gasteiger partial charge is 0.463 e. The molecule has 0 bridgehead atoms. The summed E-state index contributed by atoms with van der Waals surface area (Å²) in [5, 5.41) is 5.89. The van der Waals surface area contributed by atoms with Crippen LogP contribution in [0.4, 0.5) is 0 Å². The quantitative estimate of drug-likeness (QED) is 0.223.